The minimum Gasteiger partial charge on any atom is -0.477 e. The molecule has 1 heterocycles. The first-order valence-corrected chi connectivity index (χ1v) is 10.3. The van der Waals surface area contributed by atoms with Crippen LogP contribution in [0.2, 0.25) is 0 Å². The molecule has 0 unspecified atom stereocenters. The van der Waals surface area contributed by atoms with Gasteiger partial charge in [0.1, 0.15) is 4.88 Å². The summed E-state index contributed by atoms with van der Waals surface area (Å²) in [5, 5.41) is 12.9. The van der Waals surface area contributed by atoms with Gasteiger partial charge >= 0.3 is 5.97 Å². The first-order valence-electron chi connectivity index (χ1n) is 9.46. The van der Waals surface area contributed by atoms with Gasteiger partial charge in [0.2, 0.25) is 0 Å². The maximum Gasteiger partial charge on any atom is 0.345 e. The highest BCUT2D eigenvalue weighted by Crippen LogP contribution is 2.18. The molecule has 5 nitrogen and oxygen atoms in total. The minimum absolute atomic E-state index is 0.272. The second kappa shape index (κ2) is 11.4. The Balaban J connectivity index is 1.87. The van der Waals surface area contributed by atoms with Gasteiger partial charge in [-0.3, -0.25) is 0 Å². The second-order valence-corrected chi connectivity index (χ2v) is 7.53. The first-order chi connectivity index (χ1) is 13.1. The summed E-state index contributed by atoms with van der Waals surface area (Å²) in [6.07, 6.45) is 6.48. The van der Waals surface area contributed by atoms with Crippen molar-refractivity contribution in [2.75, 3.05) is 18.0 Å². The number of thiophene rings is 1. The number of aromatic carboxylic acids is 1. The molecular weight excluding hydrogens is 360 g/mol. The molecule has 1 aromatic carbocycles. The zero-order valence-corrected chi connectivity index (χ0v) is 16.9. The number of benzene rings is 1. The molecule has 27 heavy (non-hydrogen) atoms. The molecule has 0 amide bonds. The summed E-state index contributed by atoms with van der Waals surface area (Å²) in [4.78, 5) is 19.7. The summed E-state index contributed by atoms with van der Waals surface area (Å²) in [5.41, 5.74) is 2.22. The van der Waals surface area contributed by atoms with E-state index in [0.717, 1.165) is 23.5 Å². The van der Waals surface area contributed by atoms with Crippen molar-refractivity contribution in [1.29, 1.82) is 0 Å². The summed E-state index contributed by atoms with van der Waals surface area (Å²) >= 11 is 1.20. The van der Waals surface area contributed by atoms with E-state index in [0.29, 0.717) is 4.88 Å². The lowest BCUT2D eigenvalue weighted by Gasteiger charge is -2.24. The molecule has 0 aliphatic carbocycles. The average molecular weight is 389 g/mol. The Hall–Kier alpha value is -2.34. The monoisotopic (exact) mass is 388 g/mol. The lowest BCUT2D eigenvalue weighted by atomic mass is 10.2. The van der Waals surface area contributed by atoms with Gasteiger partial charge in [0, 0.05) is 23.7 Å². The van der Waals surface area contributed by atoms with E-state index in [1.54, 1.807) is 18.3 Å². The molecule has 0 atom stereocenters. The minimum atomic E-state index is -0.915. The van der Waals surface area contributed by atoms with Crippen molar-refractivity contribution in [3.63, 3.8) is 0 Å². The zero-order valence-electron chi connectivity index (χ0n) is 16.1. The van der Waals surface area contributed by atoms with E-state index in [4.69, 9.17) is 9.94 Å². The summed E-state index contributed by atoms with van der Waals surface area (Å²) < 4.78 is 0. The lowest BCUT2D eigenvalue weighted by molar-refractivity contribution is 0.0702. The van der Waals surface area contributed by atoms with Crippen LogP contribution >= 0.6 is 11.3 Å². The predicted octanol–water partition coefficient (Wildman–Crippen LogP) is 5.40. The van der Waals surface area contributed by atoms with Gasteiger partial charge in [-0.25, -0.2) is 4.79 Å². The van der Waals surface area contributed by atoms with Gasteiger partial charge in [0.25, 0.3) is 0 Å². The van der Waals surface area contributed by atoms with Crippen LogP contribution in [0.3, 0.4) is 0 Å². The molecule has 0 aliphatic heterocycles. The van der Waals surface area contributed by atoms with E-state index in [9.17, 15) is 4.79 Å². The Labute approximate surface area is 165 Å². The fourth-order valence-corrected chi connectivity index (χ4v) is 3.36. The van der Waals surface area contributed by atoms with Crippen molar-refractivity contribution in [3.8, 4) is 0 Å². The van der Waals surface area contributed by atoms with Crippen LogP contribution in [0.5, 0.6) is 0 Å². The fourth-order valence-electron chi connectivity index (χ4n) is 2.61. The zero-order chi connectivity index (χ0) is 19.5. The Kier molecular flexibility index (Phi) is 8.84. The van der Waals surface area contributed by atoms with E-state index < -0.39 is 5.97 Å². The Morgan fingerprint density at radius 2 is 1.78 bits per heavy atom. The molecule has 0 spiro atoms. The Morgan fingerprint density at radius 1 is 1.11 bits per heavy atom. The molecule has 2 aromatic rings. The highest BCUT2D eigenvalue weighted by molar-refractivity contribution is 7.13. The van der Waals surface area contributed by atoms with Crippen LogP contribution < -0.4 is 4.90 Å². The molecular formula is C21H28N2O3S. The SMILES string of the molecule is CCCCN(CCCC)c1ccc(/C=N/OCc2ccc(C(=O)O)s2)cc1. The summed E-state index contributed by atoms with van der Waals surface area (Å²) in [6, 6.07) is 11.7. The van der Waals surface area contributed by atoms with Crippen molar-refractivity contribution >= 4 is 29.2 Å². The molecule has 0 saturated carbocycles. The topological polar surface area (TPSA) is 62.1 Å². The van der Waals surface area contributed by atoms with Crippen LogP contribution in [0.4, 0.5) is 5.69 Å². The number of carbonyl (C=O) groups is 1. The number of hydrogen-bond donors (Lipinski definition) is 1. The van der Waals surface area contributed by atoms with Crippen LogP contribution in [0.15, 0.2) is 41.6 Å². The van der Waals surface area contributed by atoms with Crippen LogP contribution in [-0.4, -0.2) is 30.4 Å². The second-order valence-electron chi connectivity index (χ2n) is 6.36. The third-order valence-corrected chi connectivity index (χ3v) is 5.22. The number of rotatable bonds is 12. The van der Waals surface area contributed by atoms with E-state index in [1.807, 2.05) is 12.1 Å². The quantitative estimate of drug-likeness (QED) is 0.390. The van der Waals surface area contributed by atoms with Gasteiger partial charge in [-0.15, -0.1) is 11.3 Å². The van der Waals surface area contributed by atoms with Crippen LogP contribution in [0.25, 0.3) is 0 Å². The fraction of sp³-hybridized carbons (Fsp3) is 0.429. The predicted molar refractivity (Wildman–Crippen MR) is 112 cm³/mol. The molecule has 0 saturated heterocycles. The molecule has 0 aliphatic rings. The van der Waals surface area contributed by atoms with Crippen molar-refractivity contribution in [1.82, 2.24) is 0 Å². The highest BCUT2D eigenvalue weighted by atomic mass is 32.1. The van der Waals surface area contributed by atoms with E-state index in [1.165, 1.54) is 42.7 Å². The van der Waals surface area contributed by atoms with E-state index >= 15 is 0 Å². The molecule has 6 heteroatoms. The Bertz CT molecular complexity index is 717. The largest absolute Gasteiger partial charge is 0.477 e. The van der Waals surface area contributed by atoms with Crippen molar-refractivity contribution in [3.05, 3.63) is 51.7 Å². The van der Waals surface area contributed by atoms with Gasteiger partial charge in [0.15, 0.2) is 6.61 Å². The van der Waals surface area contributed by atoms with E-state index in [2.05, 4.69) is 36.0 Å². The number of nitrogens with zero attached hydrogens (tertiary/aromatic N) is 2. The van der Waals surface area contributed by atoms with Crippen LogP contribution in [0.1, 0.15) is 59.6 Å². The lowest BCUT2D eigenvalue weighted by Crippen LogP contribution is -2.25. The Morgan fingerprint density at radius 3 is 2.33 bits per heavy atom. The summed E-state index contributed by atoms with van der Waals surface area (Å²) in [5.74, 6) is -0.915. The van der Waals surface area contributed by atoms with Gasteiger partial charge in [0.05, 0.1) is 6.21 Å². The van der Waals surface area contributed by atoms with Gasteiger partial charge < -0.3 is 14.8 Å². The normalized spacial score (nSPS) is 11.0. The third kappa shape index (κ3) is 7.06. The van der Waals surface area contributed by atoms with Crippen LogP contribution in [-0.2, 0) is 11.4 Å². The highest BCUT2D eigenvalue weighted by Gasteiger charge is 2.07. The van der Waals surface area contributed by atoms with Crippen molar-refractivity contribution < 1.29 is 14.7 Å². The molecule has 0 bridgehead atoms. The molecule has 1 N–H and O–H groups in total. The van der Waals surface area contributed by atoms with E-state index in [-0.39, 0.29) is 6.61 Å². The van der Waals surface area contributed by atoms with Crippen molar-refractivity contribution in [2.24, 2.45) is 5.16 Å². The van der Waals surface area contributed by atoms with Gasteiger partial charge in [-0.1, -0.05) is 44.0 Å². The third-order valence-electron chi connectivity index (χ3n) is 4.18. The molecule has 1 aromatic heterocycles. The number of carboxylic acid groups (broad SMARTS) is 1. The van der Waals surface area contributed by atoms with Crippen LogP contribution in [0, 0.1) is 0 Å². The smallest absolute Gasteiger partial charge is 0.345 e. The first kappa shape index (κ1) is 21.0. The summed E-state index contributed by atoms with van der Waals surface area (Å²) in [7, 11) is 0. The molecule has 2 rings (SSSR count). The number of carboxylic acids is 1. The molecule has 0 fully saturated rings. The maximum atomic E-state index is 10.9. The maximum absolute atomic E-state index is 10.9. The van der Waals surface area contributed by atoms with Gasteiger partial charge in [-0.05, 0) is 42.7 Å². The standard InChI is InChI=1S/C21H28N2O3S/c1-3-5-13-23(14-6-4-2)18-9-7-17(8-10-18)15-22-26-16-19-11-12-20(27-19)21(24)25/h7-12,15H,3-6,13-14,16H2,1-2H3,(H,24,25)/b22-15+. The van der Waals surface area contributed by atoms with Crippen molar-refractivity contribution in [2.45, 2.75) is 46.1 Å². The number of hydrogen-bond acceptors (Lipinski definition) is 5. The molecule has 146 valence electrons. The number of oxime groups is 1. The average Bonchev–Trinajstić information content (AvgIpc) is 3.15. The number of anilines is 1. The van der Waals surface area contributed by atoms with Gasteiger partial charge in [-0.2, -0.15) is 0 Å². The summed E-state index contributed by atoms with van der Waals surface area (Å²) in [6.45, 7) is 6.89. The number of unbranched alkanes of at least 4 members (excludes halogenated alkanes) is 2. The molecule has 0 radical (unpaired) electrons.